The first kappa shape index (κ1) is 24.1. The zero-order chi connectivity index (χ0) is 24.6. The summed E-state index contributed by atoms with van der Waals surface area (Å²) in [7, 11) is 1.55. The predicted molar refractivity (Wildman–Crippen MR) is 127 cm³/mol. The second-order valence-electron chi connectivity index (χ2n) is 8.13. The smallest absolute Gasteiger partial charge is 0.407 e. The van der Waals surface area contributed by atoms with E-state index in [0.717, 1.165) is 11.1 Å². The molecule has 1 amide bonds. The molecule has 0 radical (unpaired) electrons. The molecule has 34 heavy (non-hydrogen) atoms. The predicted octanol–water partition coefficient (Wildman–Crippen LogP) is 4.55. The number of methoxy groups -OCH3 is 1. The van der Waals surface area contributed by atoms with Gasteiger partial charge in [-0.05, 0) is 50.6 Å². The van der Waals surface area contributed by atoms with Crippen molar-refractivity contribution in [3.63, 3.8) is 0 Å². The fourth-order valence-corrected chi connectivity index (χ4v) is 2.96. The topological polar surface area (TPSA) is 134 Å². The molecule has 0 aliphatic heterocycles. The fourth-order valence-electron chi connectivity index (χ4n) is 2.96. The summed E-state index contributed by atoms with van der Waals surface area (Å²) in [6.45, 7) is 5.69. The Balaban J connectivity index is 1.74. The van der Waals surface area contributed by atoms with Gasteiger partial charge in [0.1, 0.15) is 11.4 Å². The number of guanidine groups is 1. The average molecular weight is 463 g/mol. The number of ether oxygens (including phenoxy) is 2. The van der Waals surface area contributed by atoms with Crippen LogP contribution in [-0.2, 0) is 11.3 Å². The van der Waals surface area contributed by atoms with Crippen molar-refractivity contribution in [3.8, 4) is 23.3 Å². The van der Waals surface area contributed by atoms with Gasteiger partial charge >= 0.3 is 6.09 Å². The molecule has 3 aromatic rings. The third kappa shape index (κ3) is 7.00. The molecule has 0 atom stereocenters. The summed E-state index contributed by atoms with van der Waals surface area (Å²) in [6, 6.07) is 12.6. The number of amides is 1. The van der Waals surface area contributed by atoms with Crippen LogP contribution in [0.3, 0.4) is 0 Å². The molecule has 0 aliphatic rings. The van der Waals surface area contributed by atoms with Gasteiger partial charge in [0.2, 0.25) is 5.96 Å². The normalized spacial score (nSPS) is 11.3. The minimum absolute atomic E-state index is 0.217. The van der Waals surface area contributed by atoms with Crippen LogP contribution in [0.2, 0.25) is 0 Å². The number of benzene rings is 2. The van der Waals surface area contributed by atoms with Crippen LogP contribution in [0.5, 0.6) is 5.75 Å². The molecule has 1 aromatic heterocycles. The number of carbonyl (C=O) groups excluding carboxylic acids is 1. The Kier molecular flexibility index (Phi) is 7.71. The first-order chi connectivity index (χ1) is 16.3. The number of rotatable bonds is 6. The highest BCUT2D eigenvalue weighted by molar-refractivity contribution is 5.96. The number of nitriles is 1. The summed E-state index contributed by atoms with van der Waals surface area (Å²) >= 11 is 0. The van der Waals surface area contributed by atoms with Crippen molar-refractivity contribution in [2.24, 2.45) is 4.99 Å². The highest BCUT2D eigenvalue weighted by Crippen LogP contribution is 2.33. The van der Waals surface area contributed by atoms with Gasteiger partial charge in [0, 0.05) is 18.3 Å². The molecule has 0 aliphatic carbocycles. The van der Waals surface area contributed by atoms with Crippen LogP contribution in [0.4, 0.5) is 16.2 Å². The summed E-state index contributed by atoms with van der Waals surface area (Å²) in [5.74, 6) is 1.33. The van der Waals surface area contributed by atoms with Gasteiger partial charge in [-0.25, -0.2) is 14.8 Å². The lowest BCUT2D eigenvalue weighted by Crippen LogP contribution is -2.32. The van der Waals surface area contributed by atoms with E-state index in [1.165, 1.54) is 6.39 Å². The molecular weight excluding hydrogens is 436 g/mol. The third-order valence-corrected chi connectivity index (χ3v) is 4.32. The van der Waals surface area contributed by atoms with Crippen molar-refractivity contribution < 1.29 is 18.7 Å². The minimum Gasteiger partial charge on any atom is -0.496 e. The van der Waals surface area contributed by atoms with Gasteiger partial charge in [-0.3, -0.25) is 5.32 Å². The lowest BCUT2D eigenvalue weighted by atomic mass is 10.1. The third-order valence-electron chi connectivity index (χ3n) is 4.32. The van der Waals surface area contributed by atoms with E-state index < -0.39 is 11.7 Å². The Morgan fingerprint density at radius 3 is 2.74 bits per heavy atom. The van der Waals surface area contributed by atoms with E-state index >= 15 is 0 Å². The maximum Gasteiger partial charge on any atom is 0.407 e. The minimum atomic E-state index is -0.572. The lowest BCUT2D eigenvalue weighted by molar-refractivity contribution is 0.0523. The van der Waals surface area contributed by atoms with E-state index in [-0.39, 0.29) is 12.5 Å². The first-order valence-electron chi connectivity index (χ1n) is 10.4. The summed E-state index contributed by atoms with van der Waals surface area (Å²) < 4.78 is 16.0. The number of alkyl carbamates (subject to hydrolysis) is 1. The Morgan fingerprint density at radius 1 is 1.24 bits per heavy atom. The summed E-state index contributed by atoms with van der Waals surface area (Å²) in [6.07, 6.45) is 4.31. The molecule has 0 bridgehead atoms. The molecule has 176 valence electrons. The summed E-state index contributed by atoms with van der Waals surface area (Å²) in [4.78, 5) is 20.3. The zero-order valence-corrected chi connectivity index (χ0v) is 19.4. The van der Waals surface area contributed by atoms with Gasteiger partial charge in [-0.1, -0.05) is 12.1 Å². The average Bonchev–Trinajstić information content (AvgIpc) is 3.32. The molecule has 0 unspecified atom stereocenters. The van der Waals surface area contributed by atoms with Crippen molar-refractivity contribution >= 4 is 23.4 Å². The van der Waals surface area contributed by atoms with Crippen LogP contribution < -0.4 is 20.7 Å². The van der Waals surface area contributed by atoms with Crippen LogP contribution in [0.25, 0.3) is 11.3 Å². The van der Waals surface area contributed by atoms with E-state index in [9.17, 15) is 4.79 Å². The summed E-state index contributed by atoms with van der Waals surface area (Å²) in [5, 5.41) is 17.5. The van der Waals surface area contributed by atoms with Crippen molar-refractivity contribution in [1.82, 2.24) is 15.6 Å². The zero-order valence-electron chi connectivity index (χ0n) is 19.4. The molecule has 0 spiro atoms. The van der Waals surface area contributed by atoms with Gasteiger partial charge in [-0.15, -0.1) is 0 Å². The van der Waals surface area contributed by atoms with E-state index in [4.69, 9.17) is 19.2 Å². The van der Waals surface area contributed by atoms with E-state index in [2.05, 4.69) is 25.9 Å². The molecular formula is C24H26N6O4. The fraction of sp³-hybridized carbons (Fsp3) is 0.250. The largest absolute Gasteiger partial charge is 0.496 e. The van der Waals surface area contributed by atoms with Gasteiger partial charge < -0.3 is 24.5 Å². The summed E-state index contributed by atoms with van der Waals surface area (Å²) in [5.41, 5.74) is 2.22. The molecule has 3 rings (SSSR count). The first-order valence-corrected chi connectivity index (χ1v) is 10.4. The van der Waals surface area contributed by atoms with E-state index in [1.807, 2.05) is 30.5 Å². The molecule has 10 nitrogen and oxygen atoms in total. The van der Waals surface area contributed by atoms with E-state index in [0.29, 0.717) is 22.9 Å². The maximum absolute atomic E-state index is 11.9. The second kappa shape index (κ2) is 10.9. The van der Waals surface area contributed by atoms with Crippen molar-refractivity contribution in [2.75, 3.05) is 12.4 Å². The lowest BCUT2D eigenvalue weighted by Gasteiger charge is -2.19. The number of oxazole rings is 1. The number of hydrogen-bond donors (Lipinski definition) is 3. The Labute approximate surface area is 197 Å². The number of hydrogen-bond acceptors (Lipinski definition) is 7. The van der Waals surface area contributed by atoms with Crippen molar-refractivity contribution in [3.05, 3.63) is 60.6 Å². The highest BCUT2D eigenvalue weighted by Gasteiger charge is 2.16. The van der Waals surface area contributed by atoms with Gasteiger partial charge in [0.15, 0.2) is 18.3 Å². The van der Waals surface area contributed by atoms with Gasteiger partial charge in [-0.2, -0.15) is 5.26 Å². The van der Waals surface area contributed by atoms with Crippen LogP contribution in [-0.4, -0.2) is 29.7 Å². The molecule has 1 heterocycles. The Morgan fingerprint density at radius 2 is 2.06 bits per heavy atom. The maximum atomic E-state index is 11.9. The van der Waals surface area contributed by atoms with E-state index in [1.54, 1.807) is 52.3 Å². The monoisotopic (exact) mass is 462 g/mol. The van der Waals surface area contributed by atoms with Crippen LogP contribution in [0.15, 0.2) is 64.5 Å². The standard InChI is InChI=1S/C24H26N6O4/c1-24(2,3)34-23(31)27-12-16-6-5-7-17(10-16)29-22(28-14-25)30-18-8-9-19(20(11-18)32-4)21-13-26-15-33-21/h5-11,13,15H,12H2,1-4H3,(H,27,31)(H2,28,29,30). The number of nitrogens with one attached hydrogen (secondary N) is 3. The number of carbonyl (C=O) groups is 1. The number of aromatic nitrogens is 1. The van der Waals surface area contributed by atoms with Crippen LogP contribution >= 0.6 is 0 Å². The quantitative estimate of drug-likeness (QED) is 0.210. The van der Waals surface area contributed by atoms with Crippen LogP contribution in [0.1, 0.15) is 26.3 Å². The molecule has 0 fully saturated rings. The molecule has 2 aromatic carbocycles. The second-order valence-corrected chi connectivity index (χ2v) is 8.13. The molecule has 0 saturated heterocycles. The Hall–Kier alpha value is -4.52. The highest BCUT2D eigenvalue weighted by atomic mass is 16.6. The van der Waals surface area contributed by atoms with Crippen molar-refractivity contribution in [2.45, 2.75) is 32.9 Å². The van der Waals surface area contributed by atoms with Crippen LogP contribution in [0, 0.1) is 11.5 Å². The van der Waals surface area contributed by atoms with Gasteiger partial charge in [0.05, 0.1) is 24.6 Å². The number of anilines is 1. The SMILES string of the molecule is COc1cc(N=C(NC#N)Nc2cccc(CNC(=O)OC(C)(C)C)c2)ccc1-c1cnco1. The molecule has 3 N–H and O–H groups in total. The number of aliphatic imine (C=N–C) groups is 1. The molecule has 10 heteroatoms. The van der Waals surface area contributed by atoms with Crippen molar-refractivity contribution in [1.29, 1.82) is 5.26 Å². The van der Waals surface area contributed by atoms with Gasteiger partial charge in [0.25, 0.3) is 0 Å². The number of nitrogens with zero attached hydrogens (tertiary/aromatic N) is 3. The Bertz CT molecular complexity index is 1190. The molecule has 0 saturated carbocycles.